The van der Waals surface area contributed by atoms with Crippen LogP contribution in [0.1, 0.15) is 61.2 Å². The molecule has 0 aliphatic rings. The van der Waals surface area contributed by atoms with Crippen molar-refractivity contribution >= 4 is 17.6 Å². The molecule has 1 aromatic heterocycles. The lowest BCUT2D eigenvalue weighted by Gasteiger charge is -2.10. The van der Waals surface area contributed by atoms with Gasteiger partial charge in [0.1, 0.15) is 0 Å². The highest BCUT2D eigenvalue weighted by atomic mass is 16.5. The molecule has 0 saturated carbocycles. The van der Waals surface area contributed by atoms with Gasteiger partial charge in [0.15, 0.2) is 5.82 Å². The molecule has 7 nitrogen and oxygen atoms in total. The Labute approximate surface area is 146 Å². The van der Waals surface area contributed by atoms with Crippen LogP contribution in [0.5, 0.6) is 0 Å². The number of aromatic nitrogens is 2. The number of carboxylic acid groups (broad SMARTS) is 1. The zero-order valence-corrected chi connectivity index (χ0v) is 14.9. The van der Waals surface area contributed by atoms with Gasteiger partial charge in [-0.1, -0.05) is 32.0 Å². The molecule has 0 spiro atoms. The highest BCUT2D eigenvalue weighted by Crippen LogP contribution is 2.20. The average Bonchev–Trinajstić information content (AvgIpc) is 2.98. The smallest absolute Gasteiger partial charge is 0.335 e. The number of carboxylic acids is 1. The minimum absolute atomic E-state index is 0.140. The van der Waals surface area contributed by atoms with Gasteiger partial charge in [-0.3, -0.25) is 4.79 Å². The van der Waals surface area contributed by atoms with Crippen molar-refractivity contribution in [3.63, 3.8) is 0 Å². The van der Waals surface area contributed by atoms with Gasteiger partial charge in [0, 0.05) is 23.9 Å². The van der Waals surface area contributed by atoms with Gasteiger partial charge in [0.25, 0.3) is 0 Å². The summed E-state index contributed by atoms with van der Waals surface area (Å²) in [6, 6.07) is 4.64. The third kappa shape index (κ3) is 5.14. The van der Waals surface area contributed by atoms with Gasteiger partial charge in [-0.05, 0) is 31.0 Å². The minimum Gasteiger partial charge on any atom is -0.478 e. The second-order valence-corrected chi connectivity index (χ2v) is 7.00. The Balaban J connectivity index is 1.88. The molecule has 0 aliphatic heterocycles. The van der Waals surface area contributed by atoms with E-state index in [2.05, 4.69) is 15.5 Å². The summed E-state index contributed by atoms with van der Waals surface area (Å²) in [4.78, 5) is 27.4. The number of rotatable bonds is 6. The minimum atomic E-state index is -1.03. The van der Waals surface area contributed by atoms with Crippen molar-refractivity contribution in [1.82, 2.24) is 10.1 Å². The maximum Gasteiger partial charge on any atom is 0.335 e. The van der Waals surface area contributed by atoms with Crippen LogP contribution in [0.25, 0.3) is 0 Å². The van der Waals surface area contributed by atoms with Crippen LogP contribution in [0.3, 0.4) is 0 Å². The van der Waals surface area contributed by atoms with Gasteiger partial charge in [-0.15, -0.1) is 0 Å². The van der Waals surface area contributed by atoms with E-state index < -0.39 is 5.97 Å². The second kappa shape index (κ2) is 7.46. The molecule has 0 radical (unpaired) electrons. The number of carbonyl (C=O) groups is 2. The molecule has 2 rings (SSSR count). The third-order valence-corrected chi connectivity index (χ3v) is 3.69. The quantitative estimate of drug-likeness (QED) is 0.832. The first kappa shape index (κ1) is 18.6. The topological polar surface area (TPSA) is 105 Å². The van der Waals surface area contributed by atoms with E-state index in [0.717, 1.165) is 5.56 Å². The molecule has 134 valence electrons. The van der Waals surface area contributed by atoms with Gasteiger partial charge < -0.3 is 14.9 Å². The maximum absolute atomic E-state index is 12.1. The van der Waals surface area contributed by atoms with E-state index in [-0.39, 0.29) is 23.3 Å². The van der Waals surface area contributed by atoms with E-state index in [1.807, 2.05) is 27.7 Å². The first-order valence-corrected chi connectivity index (χ1v) is 8.13. The van der Waals surface area contributed by atoms with E-state index in [4.69, 9.17) is 9.63 Å². The summed E-state index contributed by atoms with van der Waals surface area (Å²) in [6.07, 6.45) is 1.36. The van der Waals surface area contributed by atoms with Crippen LogP contribution in [0.2, 0.25) is 0 Å². The SMILES string of the molecule is Cc1ccc(C(=O)O)cc1NC(=O)CCCc1nc(C(C)(C)C)no1. The molecule has 1 amide bonds. The van der Waals surface area contributed by atoms with E-state index in [1.54, 1.807) is 6.07 Å². The summed E-state index contributed by atoms with van der Waals surface area (Å²) in [5.41, 5.74) is 1.29. The van der Waals surface area contributed by atoms with Crippen molar-refractivity contribution in [2.45, 2.75) is 52.4 Å². The van der Waals surface area contributed by atoms with Crippen LogP contribution < -0.4 is 5.32 Å². The number of nitrogens with one attached hydrogen (secondary N) is 1. The van der Waals surface area contributed by atoms with Gasteiger partial charge in [0.05, 0.1) is 5.56 Å². The predicted molar refractivity (Wildman–Crippen MR) is 92.7 cm³/mol. The van der Waals surface area contributed by atoms with Crippen molar-refractivity contribution < 1.29 is 19.2 Å². The molecular weight excluding hydrogens is 322 g/mol. The Bertz CT molecular complexity index is 775. The number of aryl methyl sites for hydroxylation is 2. The van der Waals surface area contributed by atoms with Crippen LogP contribution in [0, 0.1) is 6.92 Å². The van der Waals surface area contributed by atoms with Gasteiger partial charge in [-0.2, -0.15) is 4.98 Å². The van der Waals surface area contributed by atoms with E-state index in [0.29, 0.717) is 30.2 Å². The van der Waals surface area contributed by atoms with Crippen LogP contribution in [0.15, 0.2) is 22.7 Å². The summed E-state index contributed by atoms with van der Waals surface area (Å²) in [6.45, 7) is 7.82. The zero-order chi connectivity index (χ0) is 18.6. The molecule has 0 aliphatic carbocycles. The Morgan fingerprint density at radius 1 is 1.28 bits per heavy atom. The number of anilines is 1. The first-order valence-electron chi connectivity index (χ1n) is 8.13. The summed E-state index contributed by atoms with van der Waals surface area (Å²) >= 11 is 0. The molecule has 2 N–H and O–H groups in total. The lowest BCUT2D eigenvalue weighted by atomic mass is 9.96. The molecule has 2 aromatic rings. The molecular formula is C18H23N3O4. The van der Waals surface area contributed by atoms with Crippen LogP contribution in [-0.4, -0.2) is 27.1 Å². The maximum atomic E-state index is 12.1. The van der Waals surface area contributed by atoms with Crippen LogP contribution in [-0.2, 0) is 16.6 Å². The third-order valence-electron chi connectivity index (χ3n) is 3.69. The lowest BCUT2D eigenvalue weighted by Crippen LogP contribution is -2.14. The van der Waals surface area contributed by atoms with Crippen molar-refractivity contribution in [3.8, 4) is 0 Å². The number of aromatic carboxylic acids is 1. The van der Waals surface area contributed by atoms with Crippen LogP contribution >= 0.6 is 0 Å². The van der Waals surface area contributed by atoms with Gasteiger partial charge in [0.2, 0.25) is 11.8 Å². The first-order chi connectivity index (χ1) is 11.7. The van der Waals surface area contributed by atoms with Gasteiger partial charge in [-0.25, -0.2) is 4.79 Å². The lowest BCUT2D eigenvalue weighted by molar-refractivity contribution is -0.116. The number of hydrogen-bond acceptors (Lipinski definition) is 5. The fraction of sp³-hybridized carbons (Fsp3) is 0.444. The largest absolute Gasteiger partial charge is 0.478 e. The Kier molecular flexibility index (Phi) is 5.56. The summed E-state index contributed by atoms with van der Waals surface area (Å²) < 4.78 is 5.19. The van der Waals surface area contributed by atoms with Crippen molar-refractivity contribution in [2.24, 2.45) is 0 Å². The van der Waals surface area contributed by atoms with Crippen molar-refractivity contribution in [1.29, 1.82) is 0 Å². The molecule has 0 unspecified atom stereocenters. The molecule has 25 heavy (non-hydrogen) atoms. The number of amides is 1. The summed E-state index contributed by atoms with van der Waals surface area (Å²) in [7, 11) is 0. The average molecular weight is 345 g/mol. The fourth-order valence-electron chi connectivity index (χ4n) is 2.16. The molecule has 1 aromatic carbocycles. The monoisotopic (exact) mass is 345 g/mol. The number of benzene rings is 1. The molecule has 0 saturated heterocycles. The van der Waals surface area contributed by atoms with Crippen molar-refractivity contribution in [3.05, 3.63) is 41.0 Å². The highest BCUT2D eigenvalue weighted by Gasteiger charge is 2.20. The molecule has 0 fully saturated rings. The normalized spacial score (nSPS) is 11.4. The van der Waals surface area contributed by atoms with E-state index >= 15 is 0 Å². The van der Waals surface area contributed by atoms with Crippen LogP contribution in [0.4, 0.5) is 5.69 Å². The molecule has 0 atom stereocenters. The fourth-order valence-corrected chi connectivity index (χ4v) is 2.16. The van der Waals surface area contributed by atoms with E-state index in [1.165, 1.54) is 12.1 Å². The Morgan fingerprint density at radius 3 is 2.60 bits per heavy atom. The Morgan fingerprint density at radius 2 is 2.00 bits per heavy atom. The molecule has 7 heteroatoms. The number of nitrogens with zero attached hydrogens (tertiary/aromatic N) is 2. The van der Waals surface area contributed by atoms with Gasteiger partial charge >= 0.3 is 5.97 Å². The molecule has 1 heterocycles. The van der Waals surface area contributed by atoms with E-state index in [9.17, 15) is 9.59 Å². The zero-order valence-electron chi connectivity index (χ0n) is 14.9. The summed E-state index contributed by atoms with van der Waals surface area (Å²) in [5.74, 6) is -0.0439. The Hall–Kier alpha value is -2.70. The second-order valence-electron chi connectivity index (χ2n) is 7.00. The standard InChI is InChI=1S/C18H23N3O4/c1-11-8-9-12(16(23)24)10-13(11)19-14(22)6-5-7-15-20-17(21-25-15)18(2,3)4/h8-10H,5-7H2,1-4H3,(H,19,22)(H,23,24). The number of carbonyl (C=O) groups excluding carboxylic acids is 1. The predicted octanol–water partition coefficient (Wildman–Crippen LogP) is 3.34. The summed E-state index contributed by atoms with van der Waals surface area (Å²) in [5, 5.41) is 15.7. The number of hydrogen-bond donors (Lipinski definition) is 2. The highest BCUT2D eigenvalue weighted by molar-refractivity contribution is 5.94. The molecule has 0 bridgehead atoms. The van der Waals surface area contributed by atoms with Crippen molar-refractivity contribution in [2.75, 3.05) is 5.32 Å².